The number of para-hydroxylation sites is 1. The molecule has 0 saturated carbocycles. The van der Waals surface area contributed by atoms with Crippen LogP contribution in [-0.4, -0.2) is 72.1 Å². The molecule has 9 heteroatoms. The molecule has 2 heterocycles. The number of carbonyl (C=O) groups excluding carboxylic acids is 2. The summed E-state index contributed by atoms with van der Waals surface area (Å²) < 4.78 is 12.2. The fourth-order valence-corrected chi connectivity index (χ4v) is 4.89. The van der Waals surface area contributed by atoms with Crippen LogP contribution in [0.2, 0.25) is 0 Å². The smallest absolute Gasteiger partial charge is 0.307 e. The van der Waals surface area contributed by atoms with E-state index >= 15 is 0 Å². The lowest BCUT2D eigenvalue weighted by molar-refractivity contribution is -0.136. The van der Waals surface area contributed by atoms with Crippen LogP contribution in [0.4, 0.5) is 0 Å². The van der Waals surface area contributed by atoms with Crippen molar-refractivity contribution < 1.29 is 29.0 Å². The minimum absolute atomic E-state index is 0.0562. The summed E-state index contributed by atoms with van der Waals surface area (Å²) in [6, 6.07) is 13.2. The Morgan fingerprint density at radius 1 is 1.05 bits per heavy atom. The quantitative estimate of drug-likeness (QED) is 0.548. The van der Waals surface area contributed by atoms with Crippen LogP contribution in [0.25, 0.3) is 0 Å². The molecule has 0 radical (unpaired) electrons. The average molecular weight is 524 g/mol. The SMILES string of the molecule is O=C(O)Cc1ccc2c(c1)CN(Cc1ccccc1OCCN1CCCC1=O)CC(=O)NCCCCCO2. The minimum atomic E-state index is -0.895. The maximum atomic E-state index is 12.8. The molecule has 0 aliphatic carbocycles. The van der Waals surface area contributed by atoms with E-state index in [1.807, 2.05) is 46.2 Å². The maximum absolute atomic E-state index is 12.8. The summed E-state index contributed by atoms with van der Waals surface area (Å²) in [4.78, 5) is 39.9. The van der Waals surface area contributed by atoms with Gasteiger partial charge in [0.25, 0.3) is 0 Å². The zero-order valence-electron chi connectivity index (χ0n) is 21.8. The number of rotatable bonds is 8. The lowest BCUT2D eigenvalue weighted by Gasteiger charge is -2.25. The maximum Gasteiger partial charge on any atom is 0.307 e. The summed E-state index contributed by atoms with van der Waals surface area (Å²) in [5.74, 6) is 0.654. The Morgan fingerprint density at radius 3 is 2.74 bits per heavy atom. The molecule has 0 spiro atoms. The standard InChI is InChI=1S/C29H37N3O6/c33-27-21-31(19-23-7-2-3-8-25(23)38-16-14-32-13-6-9-28(32)34)20-24-17-22(18-29(35)36)10-11-26(24)37-15-5-1-4-12-30-27/h2-3,7-8,10-11,17H,1,4-6,9,12-16,18-21H2,(H,30,33)(H,35,36). The number of amides is 2. The zero-order chi connectivity index (χ0) is 26.7. The number of hydrogen-bond acceptors (Lipinski definition) is 6. The number of likely N-dealkylation sites (tertiary alicyclic amines) is 1. The lowest BCUT2D eigenvalue weighted by atomic mass is 10.1. The van der Waals surface area contributed by atoms with Gasteiger partial charge in [0, 0.05) is 43.7 Å². The monoisotopic (exact) mass is 523 g/mol. The van der Waals surface area contributed by atoms with Gasteiger partial charge in [-0.15, -0.1) is 0 Å². The van der Waals surface area contributed by atoms with Gasteiger partial charge in [0.05, 0.1) is 26.1 Å². The van der Waals surface area contributed by atoms with Gasteiger partial charge >= 0.3 is 5.97 Å². The molecule has 9 nitrogen and oxygen atoms in total. The third kappa shape index (κ3) is 8.21. The molecule has 2 aromatic carbocycles. The van der Waals surface area contributed by atoms with E-state index in [9.17, 15) is 19.5 Å². The summed E-state index contributed by atoms with van der Waals surface area (Å²) in [6.45, 7) is 3.96. The largest absolute Gasteiger partial charge is 0.493 e. The van der Waals surface area contributed by atoms with Crippen LogP contribution in [0.1, 0.15) is 48.8 Å². The van der Waals surface area contributed by atoms with Crippen molar-refractivity contribution in [3.63, 3.8) is 0 Å². The third-order valence-corrected chi connectivity index (χ3v) is 6.80. The molecule has 204 valence electrons. The van der Waals surface area contributed by atoms with Crippen molar-refractivity contribution in [2.45, 2.75) is 51.6 Å². The fourth-order valence-electron chi connectivity index (χ4n) is 4.89. The van der Waals surface area contributed by atoms with E-state index in [0.29, 0.717) is 57.1 Å². The Bertz CT molecular complexity index is 1120. The molecule has 2 aromatic rings. The van der Waals surface area contributed by atoms with Gasteiger partial charge in [0.1, 0.15) is 18.1 Å². The van der Waals surface area contributed by atoms with Crippen LogP contribution in [0, 0.1) is 0 Å². The second-order valence-corrected chi connectivity index (χ2v) is 9.86. The first-order valence-electron chi connectivity index (χ1n) is 13.4. The van der Waals surface area contributed by atoms with Gasteiger partial charge in [0.15, 0.2) is 0 Å². The van der Waals surface area contributed by atoms with E-state index in [2.05, 4.69) is 5.32 Å². The summed E-state index contributed by atoms with van der Waals surface area (Å²) in [6.07, 6.45) is 4.13. The highest BCUT2D eigenvalue weighted by atomic mass is 16.5. The molecule has 0 aromatic heterocycles. The molecular formula is C29H37N3O6. The molecule has 2 aliphatic heterocycles. The highest BCUT2D eigenvalue weighted by molar-refractivity contribution is 5.78. The van der Waals surface area contributed by atoms with Gasteiger partial charge in [-0.1, -0.05) is 30.3 Å². The molecule has 4 rings (SSSR count). The van der Waals surface area contributed by atoms with Crippen molar-refractivity contribution in [1.82, 2.24) is 15.1 Å². The second kappa shape index (κ2) is 13.8. The lowest BCUT2D eigenvalue weighted by Crippen LogP contribution is -2.37. The number of carbonyl (C=O) groups is 3. The predicted molar refractivity (Wildman–Crippen MR) is 142 cm³/mol. The van der Waals surface area contributed by atoms with Crippen LogP contribution in [0.5, 0.6) is 11.5 Å². The van der Waals surface area contributed by atoms with E-state index in [-0.39, 0.29) is 24.8 Å². The highest BCUT2D eigenvalue weighted by Gasteiger charge is 2.21. The van der Waals surface area contributed by atoms with Crippen LogP contribution in [-0.2, 0) is 33.9 Å². The van der Waals surface area contributed by atoms with Crippen molar-refractivity contribution in [2.24, 2.45) is 0 Å². The average Bonchev–Trinajstić information content (AvgIpc) is 3.29. The third-order valence-electron chi connectivity index (χ3n) is 6.80. The number of aliphatic carboxylic acids is 1. The number of nitrogens with one attached hydrogen (secondary N) is 1. The second-order valence-electron chi connectivity index (χ2n) is 9.86. The first-order chi connectivity index (χ1) is 18.5. The Hall–Kier alpha value is -3.59. The van der Waals surface area contributed by atoms with Gasteiger partial charge in [-0.25, -0.2) is 0 Å². The highest BCUT2D eigenvalue weighted by Crippen LogP contribution is 2.26. The van der Waals surface area contributed by atoms with E-state index in [0.717, 1.165) is 49.1 Å². The molecule has 1 fully saturated rings. The van der Waals surface area contributed by atoms with Crippen molar-refractivity contribution in [2.75, 3.05) is 39.4 Å². The summed E-state index contributed by atoms with van der Waals surface area (Å²) in [5, 5.41) is 12.3. The molecule has 0 bridgehead atoms. The Morgan fingerprint density at radius 2 is 1.92 bits per heavy atom. The number of nitrogens with zero attached hydrogens (tertiary/aromatic N) is 2. The molecule has 0 atom stereocenters. The van der Waals surface area contributed by atoms with Gasteiger partial charge in [-0.2, -0.15) is 0 Å². The van der Waals surface area contributed by atoms with Gasteiger partial charge < -0.3 is 24.8 Å². The zero-order valence-corrected chi connectivity index (χ0v) is 21.8. The molecule has 1 saturated heterocycles. The van der Waals surface area contributed by atoms with Crippen molar-refractivity contribution in [1.29, 1.82) is 0 Å². The van der Waals surface area contributed by atoms with Crippen molar-refractivity contribution in [3.05, 3.63) is 59.2 Å². The van der Waals surface area contributed by atoms with Gasteiger partial charge in [0.2, 0.25) is 11.8 Å². The van der Waals surface area contributed by atoms with Crippen LogP contribution < -0.4 is 14.8 Å². The van der Waals surface area contributed by atoms with E-state index in [1.54, 1.807) is 6.07 Å². The van der Waals surface area contributed by atoms with E-state index < -0.39 is 5.97 Å². The summed E-state index contributed by atoms with van der Waals surface area (Å²) in [5.41, 5.74) is 2.47. The fraction of sp³-hybridized carbons (Fsp3) is 0.483. The molecule has 0 unspecified atom stereocenters. The Balaban J connectivity index is 1.53. The Labute approximate surface area is 223 Å². The predicted octanol–water partition coefficient (Wildman–Crippen LogP) is 3.00. The Kier molecular flexibility index (Phi) is 9.97. The normalized spacial score (nSPS) is 17.4. The number of ether oxygens (including phenoxy) is 2. The number of benzene rings is 2. The number of carboxylic acid groups (broad SMARTS) is 1. The number of hydrogen-bond donors (Lipinski definition) is 2. The van der Waals surface area contributed by atoms with Crippen LogP contribution in [0.3, 0.4) is 0 Å². The van der Waals surface area contributed by atoms with E-state index in [4.69, 9.17) is 9.47 Å². The summed E-state index contributed by atoms with van der Waals surface area (Å²) in [7, 11) is 0. The summed E-state index contributed by atoms with van der Waals surface area (Å²) >= 11 is 0. The molecule has 2 amide bonds. The molecular weight excluding hydrogens is 486 g/mol. The molecule has 38 heavy (non-hydrogen) atoms. The van der Waals surface area contributed by atoms with Crippen molar-refractivity contribution >= 4 is 17.8 Å². The van der Waals surface area contributed by atoms with Crippen molar-refractivity contribution in [3.8, 4) is 11.5 Å². The van der Waals surface area contributed by atoms with Gasteiger partial charge in [-0.05, 0) is 43.4 Å². The molecule has 2 aliphatic rings. The van der Waals surface area contributed by atoms with Crippen LogP contribution in [0.15, 0.2) is 42.5 Å². The number of fused-ring (bicyclic) bond motifs is 1. The van der Waals surface area contributed by atoms with E-state index in [1.165, 1.54) is 0 Å². The minimum Gasteiger partial charge on any atom is -0.493 e. The van der Waals surface area contributed by atoms with Gasteiger partial charge in [-0.3, -0.25) is 19.3 Å². The van der Waals surface area contributed by atoms with Crippen LogP contribution >= 0.6 is 0 Å². The first-order valence-corrected chi connectivity index (χ1v) is 13.4. The first kappa shape index (κ1) is 27.4. The number of carboxylic acids is 1. The topological polar surface area (TPSA) is 108 Å². The molecule has 2 N–H and O–H groups in total.